The van der Waals surface area contributed by atoms with E-state index in [9.17, 15) is 8.42 Å². The molecular formula is C11H12N2O3S2. The molecule has 0 bridgehead atoms. The highest BCUT2D eigenvalue weighted by molar-refractivity contribution is 7.88. The summed E-state index contributed by atoms with van der Waals surface area (Å²) in [5.41, 5.74) is 0.914. The van der Waals surface area contributed by atoms with Gasteiger partial charge in [0.1, 0.15) is 6.10 Å². The maximum Gasteiger partial charge on any atom is 0.274 e. The highest BCUT2D eigenvalue weighted by Gasteiger charge is 2.35. The summed E-state index contributed by atoms with van der Waals surface area (Å²) in [7, 11) is -3.08. The van der Waals surface area contributed by atoms with E-state index in [4.69, 9.17) is 4.74 Å². The van der Waals surface area contributed by atoms with Gasteiger partial charge >= 0.3 is 0 Å². The molecule has 0 amide bonds. The minimum Gasteiger partial charge on any atom is -0.464 e. The summed E-state index contributed by atoms with van der Waals surface area (Å²) >= 11 is 1.48. The van der Waals surface area contributed by atoms with Crippen LogP contribution in [0.2, 0.25) is 0 Å². The van der Waals surface area contributed by atoms with Crippen molar-refractivity contribution in [1.29, 1.82) is 0 Å². The van der Waals surface area contributed by atoms with Gasteiger partial charge in [-0.05, 0) is 12.1 Å². The zero-order valence-electron chi connectivity index (χ0n) is 9.74. The first-order valence-electron chi connectivity index (χ1n) is 5.50. The molecule has 2 aromatic rings. The van der Waals surface area contributed by atoms with E-state index < -0.39 is 10.0 Å². The Kier molecular flexibility index (Phi) is 2.76. The van der Waals surface area contributed by atoms with Crippen molar-refractivity contribution >= 4 is 31.6 Å². The number of hydrogen-bond acceptors (Lipinski definition) is 5. The Balaban J connectivity index is 1.68. The Morgan fingerprint density at radius 3 is 2.78 bits per heavy atom. The molecule has 0 saturated carbocycles. The zero-order chi connectivity index (χ0) is 12.8. The average molecular weight is 284 g/mol. The zero-order valence-corrected chi connectivity index (χ0v) is 11.4. The lowest BCUT2D eigenvalue weighted by Crippen LogP contribution is -2.55. The first-order chi connectivity index (χ1) is 8.52. The quantitative estimate of drug-likeness (QED) is 0.853. The van der Waals surface area contributed by atoms with Gasteiger partial charge in [-0.2, -0.15) is 4.31 Å². The maximum absolute atomic E-state index is 11.2. The van der Waals surface area contributed by atoms with Crippen molar-refractivity contribution in [1.82, 2.24) is 9.29 Å². The number of ether oxygens (including phenoxy) is 1. The van der Waals surface area contributed by atoms with E-state index in [1.807, 2.05) is 24.3 Å². The maximum atomic E-state index is 11.2. The highest BCUT2D eigenvalue weighted by atomic mass is 32.2. The molecule has 0 unspecified atom stereocenters. The van der Waals surface area contributed by atoms with E-state index in [2.05, 4.69) is 4.98 Å². The number of nitrogens with zero attached hydrogens (tertiary/aromatic N) is 2. The predicted molar refractivity (Wildman–Crippen MR) is 70.5 cm³/mol. The summed E-state index contributed by atoms with van der Waals surface area (Å²) in [4.78, 5) is 4.35. The SMILES string of the molecule is CS(=O)(=O)N1CC(Oc2nc3ccccc3s2)C1. The van der Waals surface area contributed by atoms with Crippen LogP contribution in [0.3, 0.4) is 0 Å². The Labute approximate surface area is 109 Å². The van der Waals surface area contributed by atoms with Crippen LogP contribution in [-0.2, 0) is 10.0 Å². The Morgan fingerprint density at radius 1 is 1.39 bits per heavy atom. The number of sulfonamides is 1. The van der Waals surface area contributed by atoms with Gasteiger partial charge in [0, 0.05) is 0 Å². The molecule has 1 saturated heterocycles. The average Bonchev–Trinajstić information content (AvgIpc) is 2.63. The molecule has 2 heterocycles. The number of fused-ring (bicyclic) bond motifs is 1. The smallest absolute Gasteiger partial charge is 0.274 e. The number of para-hydroxylation sites is 1. The fourth-order valence-electron chi connectivity index (χ4n) is 1.79. The van der Waals surface area contributed by atoms with E-state index in [1.54, 1.807) is 0 Å². The molecule has 3 rings (SSSR count). The van der Waals surface area contributed by atoms with Gasteiger partial charge in [0.2, 0.25) is 10.0 Å². The summed E-state index contributed by atoms with van der Waals surface area (Å²) < 4.78 is 30.6. The van der Waals surface area contributed by atoms with Crippen LogP contribution in [0.1, 0.15) is 0 Å². The van der Waals surface area contributed by atoms with Gasteiger partial charge in [-0.25, -0.2) is 13.4 Å². The fourth-order valence-corrected chi connectivity index (χ4v) is 3.55. The van der Waals surface area contributed by atoms with Crippen molar-refractivity contribution in [2.75, 3.05) is 19.3 Å². The summed E-state index contributed by atoms with van der Waals surface area (Å²) in [5, 5.41) is 0.606. The minimum atomic E-state index is -3.08. The second-order valence-electron chi connectivity index (χ2n) is 4.27. The molecule has 1 aromatic carbocycles. The second kappa shape index (κ2) is 4.18. The van der Waals surface area contributed by atoms with Gasteiger partial charge in [0.25, 0.3) is 5.19 Å². The van der Waals surface area contributed by atoms with Gasteiger partial charge in [0.15, 0.2) is 0 Å². The predicted octanol–water partition coefficient (Wildman–Crippen LogP) is 1.32. The van der Waals surface area contributed by atoms with Crippen molar-refractivity contribution in [2.24, 2.45) is 0 Å². The number of thiazole rings is 1. The topological polar surface area (TPSA) is 59.5 Å². The summed E-state index contributed by atoms with van der Waals surface area (Å²) in [6.45, 7) is 0.823. The van der Waals surface area contributed by atoms with Gasteiger partial charge in [-0.1, -0.05) is 23.5 Å². The third kappa shape index (κ3) is 2.21. The molecule has 0 atom stereocenters. The van der Waals surface area contributed by atoms with Crippen molar-refractivity contribution in [3.8, 4) is 5.19 Å². The Morgan fingerprint density at radius 2 is 2.11 bits per heavy atom. The molecule has 1 aromatic heterocycles. The van der Waals surface area contributed by atoms with Gasteiger partial charge < -0.3 is 4.74 Å². The van der Waals surface area contributed by atoms with Crippen molar-refractivity contribution in [2.45, 2.75) is 6.10 Å². The fraction of sp³-hybridized carbons (Fsp3) is 0.364. The van der Waals surface area contributed by atoms with Crippen molar-refractivity contribution in [3.05, 3.63) is 24.3 Å². The molecular weight excluding hydrogens is 272 g/mol. The normalized spacial score (nSPS) is 17.8. The highest BCUT2D eigenvalue weighted by Crippen LogP contribution is 2.29. The van der Waals surface area contributed by atoms with Crippen LogP contribution in [0.4, 0.5) is 0 Å². The second-order valence-corrected chi connectivity index (χ2v) is 7.24. The lowest BCUT2D eigenvalue weighted by molar-refractivity contribution is 0.0766. The summed E-state index contributed by atoms with van der Waals surface area (Å²) in [5.74, 6) is 0. The van der Waals surface area contributed by atoms with E-state index in [0.29, 0.717) is 18.3 Å². The third-order valence-corrected chi connectivity index (χ3v) is 4.99. The van der Waals surface area contributed by atoms with Crippen molar-refractivity contribution in [3.63, 3.8) is 0 Å². The molecule has 0 spiro atoms. The first kappa shape index (κ1) is 11.9. The largest absolute Gasteiger partial charge is 0.464 e. The van der Waals surface area contributed by atoms with Gasteiger partial charge in [0.05, 0.1) is 29.6 Å². The number of benzene rings is 1. The van der Waals surface area contributed by atoms with Crippen LogP contribution in [0, 0.1) is 0 Å². The molecule has 7 heteroatoms. The molecule has 1 aliphatic heterocycles. The molecule has 0 N–H and O–H groups in total. The third-order valence-electron chi connectivity index (χ3n) is 2.83. The number of rotatable bonds is 3. The monoisotopic (exact) mass is 284 g/mol. The van der Waals surface area contributed by atoms with Crippen LogP contribution in [0.5, 0.6) is 5.19 Å². The van der Waals surface area contributed by atoms with Crippen LogP contribution < -0.4 is 4.74 Å². The molecule has 1 fully saturated rings. The Hall–Kier alpha value is -1.18. The van der Waals surface area contributed by atoms with Gasteiger partial charge in [-0.3, -0.25) is 0 Å². The van der Waals surface area contributed by atoms with Gasteiger partial charge in [-0.15, -0.1) is 0 Å². The van der Waals surface area contributed by atoms with E-state index >= 15 is 0 Å². The molecule has 1 aliphatic rings. The summed E-state index contributed by atoms with van der Waals surface area (Å²) in [6.07, 6.45) is 1.13. The number of hydrogen-bond donors (Lipinski definition) is 0. The standard InChI is InChI=1S/C11H12N2O3S2/c1-18(14,15)13-6-8(7-13)16-11-12-9-4-2-3-5-10(9)17-11/h2-5,8H,6-7H2,1H3. The van der Waals surface area contributed by atoms with Crippen LogP contribution >= 0.6 is 11.3 Å². The summed E-state index contributed by atoms with van der Waals surface area (Å²) in [6, 6.07) is 7.81. The minimum absolute atomic E-state index is 0.0831. The molecule has 5 nitrogen and oxygen atoms in total. The van der Waals surface area contributed by atoms with E-state index in [-0.39, 0.29) is 6.10 Å². The molecule has 0 radical (unpaired) electrons. The lowest BCUT2D eigenvalue weighted by atomic mass is 10.2. The van der Waals surface area contributed by atoms with E-state index in [1.165, 1.54) is 21.9 Å². The van der Waals surface area contributed by atoms with Crippen LogP contribution in [-0.4, -0.2) is 43.2 Å². The lowest BCUT2D eigenvalue weighted by Gasteiger charge is -2.36. The molecule has 18 heavy (non-hydrogen) atoms. The van der Waals surface area contributed by atoms with Crippen molar-refractivity contribution < 1.29 is 13.2 Å². The first-order valence-corrected chi connectivity index (χ1v) is 8.16. The van der Waals surface area contributed by atoms with E-state index in [0.717, 1.165) is 10.2 Å². The number of aromatic nitrogens is 1. The van der Waals surface area contributed by atoms with Crippen LogP contribution in [0.15, 0.2) is 24.3 Å². The molecule has 0 aliphatic carbocycles. The molecule has 96 valence electrons. The Bertz CT molecular complexity index is 641. The van der Waals surface area contributed by atoms with Crippen LogP contribution in [0.25, 0.3) is 10.2 Å².